The molecule has 1 amide bonds. The summed E-state index contributed by atoms with van der Waals surface area (Å²) >= 11 is 0. The molecule has 142 valence electrons. The first-order valence-corrected chi connectivity index (χ1v) is 10.1. The maximum Gasteiger partial charge on any atom is 0.254 e. The van der Waals surface area contributed by atoms with Crippen molar-refractivity contribution >= 4 is 16.8 Å². The minimum Gasteiger partial charge on any atom is -0.335 e. The third-order valence-electron chi connectivity index (χ3n) is 6.63. The number of benzene rings is 2. The summed E-state index contributed by atoms with van der Waals surface area (Å²) in [4.78, 5) is 30.2. The quantitative estimate of drug-likeness (QED) is 0.731. The number of carbonyl (C=O) groups is 1. The van der Waals surface area contributed by atoms with Crippen LogP contribution in [0.3, 0.4) is 0 Å². The van der Waals surface area contributed by atoms with E-state index in [2.05, 4.69) is 34.1 Å². The Labute approximate surface area is 164 Å². The van der Waals surface area contributed by atoms with Crippen molar-refractivity contribution in [2.75, 3.05) is 6.54 Å². The van der Waals surface area contributed by atoms with Crippen LogP contribution >= 0.6 is 0 Å². The van der Waals surface area contributed by atoms with E-state index in [4.69, 9.17) is 0 Å². The van der Waals surface area contributed by atoms with Crippen molar-refractivity contribution in [1.82, 2.24) is 9.88 Å². The molecule has 1 saturated heterocycles. The zero-order valence-corrected chi connectivity index (χ0v) is 16.0. The van der Waals surface area contributed by atoms with Crippen molar-refractivity contribution in [3.63, 3.8) is 0 Å². The van der Waals surface area contributed by atoms with Gasteiger partial charge in [-0.3, -0.25) is 9.59 Å². The molecule has 2 aliphatic rings. The Morgan fingerprint density at radius 1 is 1.07 bits per heavy atom. The molecule has 4 nitrogen and oxygen atoms in total. The van der Waals surface area contributed by atoms with Crippen molar-refractivity contribution in [3.05, 3.63) is 81.6 Å². The number of carbonyl (C=O) groups excluding carboxylic acids is 1. The summed E-state index contributed by atoms with van der Waals surface area (Å²) in [5.41, 5.74) is 3.54. The lowest BCUT2D eigenvalue weighted by Gasteiger charge is -2.24. The standard InChI is InChI=1S/C24H24N2O2/c1-15-12-23(27)25-21-13-17(10-11-18(15)21)24(28)26-14-20(16-6-3-2-4-7-16)19-8-5-9-22(19)26/h2-4,6-7,10-13,19-20,22H,5,8-9,14H2,1H3,(H,25,27). The molecule has 3 atom stereocenters. The number of amides is 1. The molecule has 3 aromatic rings. The summed E-state index contributed by atoms with van der Waals surface area (Å²) in [7, 11) is 0. The Balaban J connectivity index is 1.50. The van der Waals surface area contributed by atoms with Crippen molar-refractivity contribution < 1.29 is 4.79 Å². The number of rotatable bonds is 2. The lowest BCUT2D eigenvalue weighted by Crippen LogP contribution is -2.36. The van der Waals surface area contributed by atoms with Crippen LogP contribution in [0.15, 0.2) is 59.4 Å². The number of pyridine rings is 1. The van der Waals surface area contributed by atoms with Gasteiger partial charge >= 0.3 is 0 Å². The summed E-state index contributed by atoms with van der Waals surface area (Å²) in [6.07, 6.45) is 3.47. The van der Waals surface area contributed by atoms with Crippen LogP contribution in [-0.4, -0.2) is 28.4 Å². The van der Waals surface area contributed by atoms with Gasteiger partial charge in [-0.25, -0.2) is 0 Å². The van der Waals surface area contributed by atoms with Gasteiger partial charge in [0.1, 0.15) is 0 Å². The number of fused-ring (bicyclic) bond motifs is 2. The first-order chi connectivity index (χ1) is 13.6. The summed E-state index contributed by atoms with van der Waals surface area (Å²) in [6.45, 7) is 2.70. The molecule has 1 N–H and O–H groups in total. The fourth-order valence-corrected chi connectivity index (χ4v) is 5.33. The second kappa shape index (κ2) is 6.62. The summed E-state index contributed by atoms with van der Waals surface area (Å²) < 4.78 is 0. The van der Waals surface area contributed by atoms with Gasteiger partial charge in [0.05, 0.1) is 0 Å². The van der Waals surface area contributed by atoms with Crippen LogP contribution in [0.4, 0.5) is 0 Å². The van der Waals surface area contributed by atoms with Gasteiger partial charge in [-0.15, -0.1) is 0 Å². The lowest BCUT2D eigenvalue weighted by molar-refractivity contribution is 0.0728. The fourth-order valence-electron chi connectivity index (χ4n) is 5.33. The zero-order valence-electron chi connectivity index (χ0n) is 16.0. The number of aromatic nitrogens is 1. The monoisotopic (exact) mass is 372 g/mol. The van der Waals surface area contributed by atoms with Gasteiger partial charge in [0, 0.05) is 41.0 Å². The molecule has 28 heavy (non-hydrogen) atoms. The number of hydrogen-bond acceptors (Lipinski definition) is 2. The first-order valence-electron chi connectivity index (χ1n) is 10.1. The third-order valence-corrected chi connectivity index (χ3v) is 6.63. The number of aryl methyl sites for hydroxylation is 1. The third kappa shape index (κ3) is 2.75. The largest absolute Gasteiger partial charge is 0.335 e. The van der Waals surface area contributed by atoms with E-state index in [1.807, 2.05) is 31.2 Å². The minimum absolute atomic E-state index is 0.0830. The van der Waals surface area contributed by atoms with Gasteiger partial charge in [-0.2, -0.15) is 0 Å². The van der Waals surface area contributed by atoms with Crippen LogP contribution in [0, 0.1) is 12.8 Å². The van der Waals surface area contributed by atoms with Crippen molar-refractivity contribution in [1.29, 1.82) is 0 Å². The smallest absolute Gasteiger partial charge is 0.254 e. The Morgan fingerprint density at radius 2 is 1.89 bits per heavy atom. The van der Waals surface area contributed by atoms with Gasteiger partial charge in [-0.05, 0) is 48.9 Å². The number of hydrogen-bond donors (Lipinski definition) is 1. The molecule has 2 fully saturated rings. The van der Waals surface area contributed by atoms with E-state index in [0.29, 0.717) is 23.4 Å². The Kier molecular flexibility index (Phi) is 4.08. The van der Waals surface area contributed by atoms with Crippen LogP contribution in [0.1, 0.15) is 46.7 Å². The van der Waals surface area contributed by atoms with E-state index < -0.39 is 0 Å². The Hall–Kier alpha value is -2.88. The predicted octanol–water partition coefficient (Wildman–Crippen LogP) is 4.24. The molecule has 0 radical (unpaired) electrons. The average molecular weight is 372 g/mol. The van der Waals surface area contributed by atoms with Crippen LogP contribution < -0.4 is 5.56 Å². The molecule has 0 spiro atoms. The highest BCUT2D eigenvalue weighted by molar-refractivity contribution is 5.98. The summed E-state index contributed by atoms with van der Waals surface area (Å²) in [5.74, 6) is 1.05. The molecular formula is C24H24N2O2. The second-order valence-electron chi connectivity index (χ2n) is 8.21. The number of nitrogens with zero attached hydrogens (tertiary/aromatic N) is 1. The molecule has 2 aromatic carbocycles. The highest BCUT2D eigenvalue weighted by atomic mass is 16.2. The van der Waals surface area contributed by atoms with E-state index in [1.54, 1.807) is 6.07 Å². The minimum atomic E-state index is -0.129. The van der Waals surface area contributed by atoms with Gasteiger partial charge in [-0.1, -0.05) is 42.8 Å². The lowest BCUT2D eigenvalue weighted by atomic mass is 9.87. The highest BCUT2D eigenvalue weighted by Gasteiger charge is 2.46. The van der Waals surface area contributed by atoms with E-state index in [1.165, 1.54) is 18.4 Å². The fraction of sp³-hybridized carbons (Fsp3) is 0.333. The normalized spacial score (nSPS) is 23.9. The van der Waals surface area contributed by atoms with Crippen molar-refractivity contribution in [3.8, 4) is 0 Å². The van der Waals surface area contributed by atoms with Gasteiger partial charge < -0.3 is 9.88 Å². The maximum absolute atomic E-state index is 13.4. The van der Waals surface area contributed by atoms with Crippen molar-refractivity contribution in [2.24, 2.45) is 5.92 Å². The summed E-state index contributed by atoms with van der Waals surface area (Å²) in [5, 5.41) is 0.985. The van der Waals surface area contributed by atoms with Crippen LogP contribution in [0.2, 0.25) is 0 Å². The maximum atomic E-state index is 13.4. The SMILES string of the molecule is Cc1cc(=O)[nH]c2cc(C(=O)N3CC(c4ccccc4)C4CCCC43)ccc12. The average Bonchev–Trinajstić information content (AvgIpc) is 3.30. The molecule has 1 aliphatic carbocycles. The topological polar surface area (TPSA) is 53.2 Å². The molecule has 1 saturated carbocycles. The number of H-pyrrole nitrogens is 1. The highest BCUT2D eigenvalue weighted by Crippen LogP contribution is 2.46. The molecule has 5 rings (SSSR count). The second-order valence-corrected chi connectivity index (χ2v) is 8.21. The van der Waals surface area contributed by atoms with E-state index in [9.17, 15) is 9.59 Å². The van der Waals surface area contributed by atoms with Crippen molar-refractivity contribution in [2.45, 2.75) is 38.1 Å². The number of aromatic amines is 1. The Bertz CT molecular complexity index is 1100. The Morgan fingerprint density at radius 3 is 2.71 bits per heavy atom. The number of nitrogens with one attached hydrogen (secondary N) is 1. The zero-order chi connectivity index (χ0) is 19.3. The molecule has 2 heterocycles. The molecule has 3 unspecified atom stereocenters. The molecule has 1 aliphatic heterocycles. The molecule has 4 heteroatoms. The van der Waals surface area contributed by atoms with E-state index >= 15 is 0 Å². The molecular weight excluding hydrogens is 348 g/mol. The molecule has 0 bridgehead atoms. The van der Waals surface area contributed by atoms with Crippen LogP contribution in [0.25, 0.3) is 10.9 Å². The predicted molar refractivity (Wildman–Crippen MR) is 111 cm³/mol. The van der Waals surface area contributed by atoms with Crippen LogP contribution in [0.5, 0.6) is 0 Å². The molecule has 1 aromatic heterocycles. The van der Waals surface area contributed by atoms with E-state index in [0.717, 1.165) is 29.4 Å². The van der Waals surface area contributed by atoms with Gasteiger partial charge in [0.15, 0.2) is 0 Å². The summed E-state index contributed by atoms with van der Waals surface area (Å²) in [6, 6.07) is 18.2. The van der Waals surface area contributed by atoms with Crippen LogP contribution in [-0.2, 0) is 0 Å². The van der Waals surface area contributed by atoms with Gasteiger partial charge in [0.2, 0.25) is 5.56 Å². The van der Waals surface area contributed by atoms with Gasteiger partial charge in [0.25, 0.3) is 5.91 Å². The van der Waals surface area contributed by atoms with E-state index in [-0.39, 0.29) is 11.5 Å². The first kappa shape index (κ1) is 17.2. The number of likely N-dealkylation sites (tertiary alicyclic amines) is 1.